The van der Waals surface area contributed by atoms with Crippen molar-refractivity contribution in [2.45, 2.75) is 24.7 Å². The molecule has 20 heavy (non-hydrogen) atoms. The van der Waals surface area contributed by atoms with Crippen molar-refractivity contribution in [1.82, 2.24) is 9.21 Å². The van der Waals surface area contributed by atoms with E-state index in [0.29, 0.717) is 36.9 Å². The van der Waals surface area contributed by atoms with Gasteiger partial charge in [-0.05, 0) is 18.6 Å². The Morgan fingerprint density at radius 1 is 1.15 bits per heavy atom. The van der Waals surface area contributed by atoms with Crippen LogP contribution in [-0.2, 0) is 10.0 Å². The molecule has 1 aliphatic rings. The summed E-state index contributed by atoms with van der Waals surface area (Å²) in [6.07, 6.45) is 1.70. The van der Waals surface area contributed by atoms with E-state index in [1.807, 2.05) is 17.9 Å². The molecule has 110 valence electrons. The van der Waals surface area contributed by atoms with E-state index in [9.17, 15) is 8.42 Å². The molecular formula is C14H21N3O2S. The van der Waals surface area contributed by atoms with Crippen molar-refractivity contribution in [3.05, 3.63) is 30.3 Å². The van der Waals surface area contributed by atoms with Gasteiger partial charge in [-0.2, -0.15) is 4.31 Å². The van der Waals surface area contributed by atoms with Crippen LogP contribution in [0.4, 0.5) is 0 Å². The van der Waals surface area contributed by atoms with Crippen LogP contribution >= 0.6 is 0 Å². The Labute approximate surface area is 120 Å². The van der Waals surface area contributed by atoms with Gasteiger partial charge in [0.2, 0.25) is 10.0 Å². The minimum Gasteiger partial charge on any atom is -0.358 e. The Morgan fingerprint density at radius 2 is 1.75 bits per heavy atom. The third kappa shape index (κ3) is 3.19. The molecule has 6 heteroatoms. The van der Waals surface area contributed by atoms with Crippen LogP contribution in [0.15, 0.2) is 35.2 Å². The Bertz CT molecular complexity index is 549. The predicted molar refractivity (Wildman–Crippen MR) is 79.4 cm³/mol. The summed E-state index contributed by atoms with van der Waals surface area (Å²) in [5.41, 5.74) is 0. The maximum absolute atomic E-state index is 12.4. The number of sulfonamides is 1. The Hall–Kier alpha value is -1.40. The van der Waals surface area contributed by atoms with Gasteiger partial charge in [-0.15, -0.1) is 0 Å². The molecule has 1 N–H and O–H groups in total. The normalized spacial score (nSPS) is 17.1. The molecule has 0 amide bonds. The third-order valence-corrected chi connectivity index (χ3v) is 5.40. The van der Waals surface area contributed by atoms with Crippen molar-refractivity contribution >= 4 is 15.9 Å². The van der Waals surface area contributed by atoms with E-state index in [2.05, 4.69) is 0 Å². The fourth-order valence-corrected chi connectivity index (χ4v) is 3.78. The first kappa shape index (κ1) is 15.0. The van der Waals surface area contributed by atoms with Crippen LogP contribution < -0.4 is 0 Å². The molecule has 0 atom stereocenters. The number of hydrogen-bond acceptors (Lipinski definition) is 3. The first-order valence-corrected chi connectivity index (χ1v) is 8.37. The van der Waals surface area contributed by atoms with E-state index >= 15 is 0 Å². The van der Waals surface area contributed by atoms with Crippen LogP contribution in [0.3, 0.4) is 0 Å². The molecule has 1 fully saturated rings. The van der Waals surface area contributed by atoms with E-state index < -0.39 is 10.0 Å². The maximum atomic E-state index is 12.4. The lowest BCUT2D eigenvalue weighted by molar-refractivity contribution is 0.261. The summed E-state index contributed by atoms with van der Waals surface area (Å²) in [6.45, 7) is 4.15. The lowest BCUT2D eigenvalue weighted by atomic mass is 10.2. The van der Waals surface area contributed by atoms with Crippen molar-refractivity contribution < 1.29 is 8.42 Å². The standard InChI is InChI=1S/C14H21N3O2S/c1-2-6-14(15)16-9-11-17(12-10-16)20(18,19)13-7-4-3-5-8-13/h3-5,7-8,15H,2,6,9-12H2,1H3. The zero-order valence-electron chi connectivity index (χ0n) is 11.7. The highest BCUT2D eigenvalue weighted by molar-refractivity contribution is 7.89. The summed E-state index contributed by atoms with van der Waals surface area (Å²) in [6, 6.07) is 8.53. The van der Waals surface area contributed by atoms with Crippen molar-refractivity contribution in [2.24, 2.45) is 0 Å². The van der Waals surface area contributed by atoms with Crippen LogP contribution in [0.2, 0.25) is 0 Å². The van der Waals surface area contributed by atoms with E-state index in [-0.39, 0.29) is 0 Å². The Morgan fingerprint density at radius 3 is 2.30 bits per heavy atom. The molecule has 0 saturated carbocycles. The van der Waals surface area contributed by atoms with Gasteiger partial charge in [0.1, 0.15) is 0 Å². The zero-order valence-corrected chi connectivity index (χ0v) is 12.6. The first-order valence-electron chi connectivity index (χ1n) is 6.93. The summed E-state index contributed by atoms with van der Waals surface area (Å²) in [4.78, 5) is 2.32. The molecule has 0 unspecified atom stereocenters. The highest BCUT2D eigenvalue weighted by atomic mass is 32.2. The fraction of sp³-hybridized carbons (Fsp3) is 0.500. The van der Waals surface area contributed by atoms with Crippen molar-refractivity contribution in [3.63, 3.8) is 0 Å². The Balaban J connectivity index is 2.02. The van der Waals surface area contributed by atoms with E-state index in [0.717, 1.165) is 12.8 Å². The number of amidine groups is 1. The number of rotatable bonds is 4. The van der Waals surface area contributed by atoms with E-state index in [1.165, 1.54) is 4.31 Å². The van der Waals surface area contributed by atoms with Crippen molar-refractivity contribution in [2.75, 3.05) is 26.2 Å². The molecule has 2 rings (SSSR count). The van der Waals surface area contributed by atoms with Crippen LogP contribution in [0.25, 0.3) is 0 Å². The number of hydrogen-bond donors (Lipinski definition) is 1. The van der Waals surface area contributed by atoms with Gasteiger partial charge in [-0.25, -0.2) is 8.42 Å². The topological polar surface area (TPSA) is 64.5 Å². The third-order valence-electron chi connectivity index (χ3n) is 3.49. The van der Waals surface area contributed by atoms with Crippen LogP contribution in [-0.4, -0.2) is 49.6 Å². The highest BCUT2D eigenvalue weighted by Gasteiger charge is 2.28. The van der Waals surface area contributed by atoms with Gasteiger partial charge in [0.25, 0.3) is 0 Å². The molecular weight excluding hydrogens is 274 g/mol. The molecule has 0 radical (unpaired) electrons. The second kappa shape index (κ2) is 6.37. The van der Waals surface area contributed by atoms with Crippen LogP contribution in [0, 0.1) is 5.41 Å². The second-order valence-electron chi connectivity index (χ2n) is 4.90. The molecule has 5 nitrogen and oxygen atoms in total. The molecule has 1 aromatic carbocycles. The van der Waals surface area contributed by atoms with Gasteiger partial charge in [-0.1, -0.05) is 25.1 Å². The molecule has 0 aliphatic carbocycles. The van der Waals surface area contributed by atoms with Crippen molar-refractivity contribution in [1.29, 1.82) is 5.41 Å². The molecule has 0 spiro atoms. The molecule has 0 aromatic heterocycles. The second-order valence-corrected chi connectivity index (χ2v) is 6.84. The monoisotopic (exact) mass is 295 g/mol. The number of nitrogens with zero attached hydrogens (tertiary/aromatic N) is 2. The number of nitrogens with one attached hydrogen (secondary N) is 1. The summed E-state index contributed by atoms with van der Waals surface area (Å²) < 4.78 is 26.4. The van der Waals surface area contributed by atoms with Crippen molar-refractivity contribution in [3.8, 4) is 0 Å². The smallest absolute Gasteiger partial charge is 0.243 e. The zero-order chi connectivity index (χ0) is 14.6. The predicted octanol–water partition coefficient (Wildman–Crippen LogP) is 1.77. The highest BCUT2D eigenvalue weighted by Crippen LogP contribution is 2.17. The van der Waals surface area contributed by atoms with Gasteiger partial charge >= 0.3 is 0 Å². The lowest BCUT2D eigenvalue weighted by Gasteiger charge is -2.35. The van der Waals surface area contributed by atoms with E-state index in [4.69, 9.17) is 5.41 Å². The summed E-state index contributed by atoms with van der Waals surface area (Å²) in [5.74, 6) is 0.615. The number of piperazine rings is 1. The van der Waals surface area contributed by atoms with E-state index in [1.54, 1.807) is 24.3 Å². The molecule has 1 heterocycles. The Kier molecular flexibility index (Phi) is 4.77. The van der Waals surface area contributed by atoms with Gasteiger partial charge < -0.3 is 4.90 Å². The molecule has 0 bridgehead atoms. The summed E-state index contributed by atoms with van der Waals surface area (Å²) in [5, 5.41) is 7.93. The molecule has 1 aromatic rings. The largest absolute Gasteiger partial charge is 0.358 e. The maximum Gasteiger partial charge on any atom is 0.243 e. The minimum absolute atomic E-state index is 0.345. The minimum atomic E-state index is -3.39. The van der Waals surface area contributed by atoms with Crippen LogP contribution in [0.1, 0.15) is 19.8 Å². The fourth-order valence-electron chi connectivity index (χ4n) is 2.33. The summed E-state index contributed by atoms with van der Waals surface area (Å²) in [7, 11) is -3.39. The molecule has 1 saturated heterocycles. The average Bonchev–Trinajstić information content (AvgIpc) is 2.48. The van der Waals surface area contributed by atoms with Gasteiger partial charge in [0, 0.05) is 32.6 Å². The first-order chi connectivity index (χ1) is 9.55. The van der Waals surface area contributed by atoms with Gasteiger partial charge in [-0.3, -0.25) is 5.41 Å². The quantitative estimate of drug-likeness (QED) is 0.680. The lowest BCUT2D eigenvalue weighted by Crippen LogP contribution is -2.50. The molecule has 1 aliphatic heterocycles. The SMILES string of the molecule is CCCC(=N)N1CCN(S(=O)(=O)c2ccccc2)CC1. The summed E-state index contributed by atoms with van der Waals surface area (Å²) >= 11 is 0. The van der Waals surface area contributed by atoms with Crippen LogP contribution in [0.5, 0.6) is 0 Å². The van der Waals surface area contributed by atoms with Gasteiger partial charge in [0.15, 0.2) is 0 Å². The van der Waals surface area contributed by atoms with Gasteiger partial charge in [0.05, 0.1) is 10.7 Å². The number of benzene rings is 1. The average molecular weight is 295 g/mol.